The fourth-order valence-electron chi connectivity index (χ4n) is 3.89. The van der Waals surface area contributed by atoms with E-state index in [9.17, 15) is 8.78 Å². The number of aromatic nitrogens is 1. The summed E-state index contributed by atoms with van der Waals surface area (Å²) in [5, 5.41) is 0. The van der Waals surface area contributed by atoms with Gasteiger partial charge >= 0.3 is 0 Å². The van der Waals surface area contributed by atoms with Gasteiger partial charge in [-0.2, -0.15) is 0 Å². The van der Waals surface area contributed by atoms with E-state index in [1.807, 2.05) is 6.92 Å². The van der Waals surface area contributed by atoms with Crippen molar-refractivity contribution in [2.24, 2.45) is 5.92 Å². The van der Waals surface area contributed by atoms with Crippen LogP contribution in [-0.2, 0) is 11.3 Å². The number of oxazole rings is 1. The van der Waals surface area contributed by atoms with Gasteiger partial charge in [-0.1, -0.05) is 6.42 Å². The predicted octanol–water partition coefficient (Wildman–Crippen LogP) is 4.71. The Morgan fingerprint density at radius 2 is 2.00 bits per heavy atom. The second-order valence-corrected chi connectivity index (χ2v) is 7.77. The normalized spacial score (nSPS) is 20.4. The highest BCUT2D eigenvalue weighted by Gasteiger charge is 2.26. The van der Waals surface area contributed by atoms with Crippen molar-refractivity contribution in [1.29, 1.82) is 0 Å². The minimum absolute atomic E-state index is 0.190. The zero-order chi connectivity index (χ0) is 18.8. The molecule has 6 heteroatoms. The predicted molar refractivity (Wildman–Crippen MR) is 98.2 cm³/mol. The maximum Gasteiger partial charge on any atom is 0.229 e. The zero-order valence-corrected chi connectivity index (χ0v) is 15.7. The number of benzene rings is 1. The Bertz CT molecular complexity index is 782. The summed E-state index contributed by atoms with van der Waals surface area (Å²) in [6.07, 6.45) is 6.39. The van der Waals surface area contributed by atoms with Crippen LogP contribution in [0.5, 0.6) is 0 Å². The van der Waals surface area contributed by atoms with Crippen LogP contribution >= 0.6 is 0 Å². The highest BCUT2D eigenvalue weighted by molar-refractivity contribution is 5.54. The molecule has 2 fully saturated rings. The number of hydrogen-bond donors (Lipinski definition) is 0. The second kappa shape index (κ2) is 8.07. The molecule has 0 N–H and O–H groups in total. The molecule has 4 nitrogen and oxygen atoms in total. The molecule has 0 spiro atoms. The Hall–Kier alpha value is -1.79. The standard InChI is InChI=1S/C21H26F2N2O2/c1-14-20(24-21(27-14)18-8-7-16(22)10-19(18)23)13-25(11-15-4-2-5-15)12-17-6-3-9-26-17/h7-8,10,15,17H,2-6,9,11-13H2,1H3. The Kier molecular flexibility index (Phi) is 5.55. The van der Waals surface area contributed by atoms with E-state index in [1.54, 1.807) is 0 Å². The molecule has 2 aromatic rings. The third-order valence-electron chi connectivity index (χ3n) is 5.65. The van der Waals surface area contributed by atoms with Crippen LogP contribution in [0.15, 0.2) is 22.6 Å². The van der Waals surface area contributed by atoms with Crippen molar-refractivity contribution in [3.63, 3.8) is 0 Å². The molecule has 4 rings (SSSR count). The molecule has 1 saturated heterocycles. The first kappa shape index (κ1) is 18.6. The monoisotopic (exact) mass is 376 g/mol. The SMILES string of the molecule is Cc1oc(-c2ccc(F)cc2F)nc1CN(CC1CCC1)CC1CCCO1. The van der Waals surface area contributed by atoms with Gasteiger partial charge in [0.2, 0.25) is 5.89 Å². The van der Waals surface area contributed by atoms with Crippen LogP contribution in [0.2, 0.25) is 0 Å². The van der Waals surface area contributed by atoms with Gasteiger partial charge in [-0.3, -0.25) is 4.90 Å². The maximum absolute atomic E-state index is 14.1. The lowest BCUT2D eigenvalue weighted by atomic mass is 9.85. The fourth-order valence-corrected chi connectivity index (χ4v) is 3.89. The average Bonchev–Trinajstić information content (AvgIpc) is 3.21. The van der Waals surface area contributed by atoms with Crippen LogP contribution in [-0.4, -0.2) is 35.7 Å². The van der Waals surface area contributed by atoms with E-state index in [1.165, 1.54) is 31.4 Å². The van der Waals surface area contributed by atoms with Gasteiger partial charge in [0.15, 0.2) is 0 Å². The molecule has 0 bridgehead atoms. The smallest absolute Gasteiger partial charge is 0.229 e. The molecule has 1 aliphatic carbocycles. The lowest BCUT2D eigenvalue weighted by Crippen LogP contribution is -2.37. The number of nitrogens with zero attached hydrogens (tertiary/aromatic N) is 2. The topological polar surface area (TPSA) is 38.5 Å². The highest BCUT2D eigenvalue weighted by atomic mass is 19.1. The molecule has 1 unspecified atom stereocenters. The van der Waals surface area contributed by atoms with Crippen molar-refractivity contribution >= 4 is 0 Å². The number of hydrogen-bond acceptors (Lipinski definition) is 4. The molecule has 0 amide bonds. The molecule has 2 aliphatic rings. The average molecular weight is 376 g/mol. The van der Waals surface area contributed by atoms with Crippen LogP contribution in [0.1, 0.15) is 43.6 Å². The minimum atomic E-state index is -0.659. The van der Waals surface area contributed by atoms with Crippen LogP contribution < -0.4 is 0 Å². The third kappa shape index (κ3) is 4.38. The number of rotatable bonds is 7. The zero-order valence-electron chi connectivity index (χ0n) is 15.7. The van der Waals surface area contributed by atoms with E-state index in [4.69, 9.17) is 9.15 Å². The lowest BCUT2D eigenvalue weighted by Gasteiger charge is -2.33. The summed E-state index contributed by atoms with van der Waals surface area (Å²) >= 11 is 0. The summed E-state index contributed by atoms with van der Waals surface area (Å²) in [7, 11) is 0. The molecule has 1 saturated carbocycles. The summed E-state index contributed by atoms with van der Waals surface area (Å²) in [5.41, 5.74) is 1.00. The van der Waals surface area contributed by atoms with Gasteiger partial charge in [0.25, 0.3) is 0 Å². The molecular formula is C21H26F2N2O2. The summed E-state index contributed by atoms with van der Waals surface area (Å²) in [5.74, 6) is 0.365. The molecular weight excluding hydrogens is 350 g/mol. The van der Waals surface area contributed by atoms with Gasteiger partial charge in [-0.05, 0) is 50.7 Å². The Labute approximate surface area is 158 Å². The molecule has 1 aliphatic heterocycles. The van der Waals surface area contributed by atoms with E-state index in [0.717, 1.165) is 50.2 Å². The maximum atomic E-state index is 14.1. The first-order valence-electron chi connectivity index (χ1n) is 9.84. The van der Waals surface area contributed by atoms with Crippen LogP contribution in [0.25, 0.3) is 11.5 Å². The Balaban J connectivity index is 1.50. The lowest BCUT2D eigenvalue weighted by molar-refractivity contribution is 0.0574. The largest absolute Gasteiger partial charge is 0.441 e. The summed E-state index contributed by atoms with van der Waals surface area (Å²) in [6, 6.07) is 3.45. The first-order valence-corrected chi connectivity index (χ1v) is 9.84. The van der Waals surface area contributed by atoms with Gasteiger partial charge in [-0.15, -0.1) is 0 Å². The van der Waals surface area contributed by atoms with Crippen molar-refractivity contribution in [1.82, 2.24) is 9.88 Å². The fraction of sp³-hybridized carbons (Fsp3) is 0.571. The summed E-state index contributed by atoms with van der Waals surface area (Å²) in [4.78, 5) is 6.92. The van der Waals surface area contributed by atoms with Crippen LogP contribution in [0, 0.1) is 24.5 Å². The Morgan fingerprint density at radius 3 is 2.67 bits per heavy atom. The van der Waals surface area contributed by atoms with E-state index in [0.29, 0.717) is 12.3 Å². The van der Waals surface area contributed by atoms with Gasteiger partial charge < -0.3 is 9.15 Å². The van der Waals surface area contributed by atoms with Gasteiger partial charge in [-0.25, -0.2) is 13.8 Å². The molecule has 0 radical (unpaired) electrons. The Morgan fingerprint density at radius 1 is 1.15 bits per heavy atom. The van der Waals surface area contributed by atoms with Gasteiger partial charge in [0.05, 0.1) is 17.4 Å². The summed E-state index contributed by atoms with van der Waals surface area (Å²) < 4.78 is 38.8. The first-order chi connectivity index (χ1) is 13.1. The van der Waals surface area contributed by atoms with Crippen molar-refractivity contribution in [3.8, 4) is 11.5 Å². The number of halogens is 2. The molecule has 1 aromatic carbocycles. The van der Waals surface area contributed by atoms with E-state index >= 15 is 0 Å². The molecule has 27 heavy (non-hydrogen) atoms. The van der Waals surface area contributed by atoms with Crippen molar-refractivity contribution in [2.75, 3.05) is 19.7 Å². The van der Waals surface area contributed by atoms with Gasteiger partial charge in [0, 0.05) is 32.3 Å². The van der Waals surface area contributed by atoms with Gasteiger partial charge in [0.1, 0.15) is 17.4 Å². The minimum Gasteiger partial charge on any atom is -0.441 e. The number of ether oxygens (including phenoxy) is 1. The van der Waals surface area contributed by atoms with Crippen molar-refractivity contribution < 1.29 is 17.9 Å². The summed E-state index contributed by atoms with van der Waals surface area (Å²) in [6.45, 7) is 5.28. The quantitative estimate of drug-likeness (QED) is 0.702. The van der Waals surface area contributed by atoms with E-state index in [-0.39, 0.29) is 17.6 Å². The van der Waals surface area contributed by atoms with Crippen LogP contribution in [0.3, 0.4) is 0 Å². The molecule has 146 valence electrons. The van der Waals surface area contributed by atoms with E-state index in [2.05, 4.69) is 9.88 Å². The molecule has 1 aromatic heterocycles. The molecule has 2 heterocycles. The highest BCUT2D eigenvalue weighted by Crippen LogP contribution is 2.30. The second-order valence-electron chi connectivity index (χ2n) is 7.77. The van der Waals surface area contributed by atoms with Crippen molar-refractivity contribution in [2.45, 2.75) is 51.7 Å². The van der Waals surface area contributed by atoms with E-state index < -0.39 is 11.6 Å². The van der Waals surface area contributed by atoms with Crippen LogP contribution in [0.4, 0.5) is 8.78 Å². The van der Waals surface area contributed by atoms with Crippen molar-refractivity contribution in [3.05, 3.63) is 41.3 Å². The third-order valence-corrected chi connectivity index (χ3v) is 5.65. The number of aryl methyl sites for hydroxylation is 1. The molecule has 1 atom stereocenters.